The minimum Gasteiger partial charge on any atom is -0.342 e. The quantitative estimate of drug-likeness (QED) is 0.699. The molecule has 0 atom stereocenters. The molecule has 2 heterocycles. The van der Waals surface area contributed by atoms with E-state index in [-0.39, 0.29) is 17.6 Å². The Bertz CT molecular complexity index is 821. The molecule has 156 valence electrons. The number of H-pyrrole nitrogens is 1. The molecule has 0 aliphatic carbocycles. The molecule has 2 N–H and O–H groups in total. The van der Waals surface area contributed by atoms with Gasteiger partial charge in [0.25, 0.3) is 0 Å². The third-order valence-corrected chi connectivity index (χ3v) is 5.15. The number of unbranched alkanes of at least 4 members (excludes halogenated alkanes) is 1. The Morgan fingerprint density at radius 2 is 1.93 bits per heavy atom. The number of hydrogen-bond donors (Lipinski definition) is 2. The van der Waals surface area contributed by atoms with Crippen molar-refractivity contribution in [2.24, 2.45) is 0 Å². The van der Waals surface area contributed by atoms with E-state index in [0.717, 1.165) is 57.5 Å². The molecule has 1 aromatic heterocycles. The summed E-state index contributed by atoms with van der Waals surface area (Å²) in [5, 5.41) is 9.77. The zero-order chi connectivity index (χ0) is 20.6. The summed E-state index contributed by atoms with van der Waals surface area (Å²) in [6.45, 7) is 6.07. The van der Waals surface area contributed by atoms with Crippen LogP contribution in [0.3, 0.4) is 0 Å². The van der Waals surface area contributed by atoms with Crippen LogP contribution in [0.4, 0.5) is 10.2 Å². The van der Waals surface area contributed by atoms with Crippen LogP contribution < -0.4 is 5.32 Å². The van der Waals surface area contributed by atoms with E-state index in [1.165, 1.54) is 12.1 Å². The van der Waals surface area contributed by atoms with Crippen molar-refractivity contribution in [1.82, 2.24) is 20.0 Å². The first kappa shape index (κ1) is 21.0. The molecular weight excluding hydrogens is 373 g/mol. The van der Waals surface area contributed by atoms with Crippen LogP contribution in [0.5, 0.6) is 0 Å². The van der Waals surface area contributed by atoms with Crippen LogP contribution in [0.2, 0.25) is 0 Å². The molecule has 0 radical (unpaired) electrons. The van der Waals surface area contributed by atoms with Gasteiger partial charge in [0.15, 0.2) is 0 Å². The van der Waals surface area contributed by atoms with Crippen molar-refractivity contribution in [2.45, 2.75) is 32.6 Å². The Kier molecular flexibility index (Phi) is 7.35. The van der Waals surface area contributed by atoms with Gasteiger partial charge in [0.1, 0.15) is 11.6 Å². The minimum absolute atomic E-state index is 0.0575. The van der Waals surface area contributed by atoms with Gasteiger partial charge >= 0.3 is 0 Å². The highest BCUT2D eigenvalue weighted by molar-refractivity contribution is 5.90. The van der Waals surface area contributed by atoms with E-state index in [4.69, 9.17) is 0 Å². The number of carbonyl (C=O) groups excluding carboxylic acids is 2. The lowest BCUT2D eigenvalue weighted by Crippen LogP contribution is -2.34. The maximum absolute atomic E-state index is 13.0. The van der Waals surface area contributed by atoms with Crippen molar-refractivity contribution >= 4 is 17.6 Å². The van der Waals surface area contributed by atoms with Gasteiger partial charge in [-0.25, -0.2) is 4.39 Å². The monoisotopic (exact) mass is 401 g/mol. The van der Waals surface area contributed by atoms with Gasteiger partial charge in [-0.3, -0.25) is 14.7 Å². The molecular formula is C21H28FN5O2. The van der Waals surface area contributed by atoms with Gasteiger partial charge in [0.2, 0.25) is 11.8 Å². The normalized spacial score (nSPS) is 15.2. The van der Waals surface area contributed by atoms with Crippen molar-refractivity contribution in [3.05, 3.63) is 36.1 Å². The maximum Gasteiger partial charge on any atom is 0.225 e. The van der Waals surface area contributed by atoms with Crippen molar-refractivity contribution in [3.63, 3.8) is 0 Å². The molecule has 1 aliphatic heterocycles. The van der Waals surface area contributed by atoms with Crippen molar-refractivity contribution < 1.29 is 14.0 Å². The minimum atomic E-state index is -0.297. The number of amides is 2. The third-order valence-electron chi connectivity index (χ3n) is 5.15. The van der Waals surface area contributed by atoms with E-state index in [1.807, 2.05) is 4.90 Å². The fraction of sp³-hybridized carbons (Fsp3) is 0.476. The molecule has 8 heteroatoms. The number of aromatic amines is 1. The highest BCUT2D eigenvalue weighted by Crippen LogP contribution is 2.20. The van der Waals surface area contributed by atoms with E-state index in [9.17, 15) is 14.0 Å². The van der Waals surface area contributed by atoms with Gasteiger partial charge in [-0.15, -0.1) is 0 Å². The van der Waals surface area contributed by atoms with Crippen LogP contribution in [0.1, 0.15) is 32.6 Å². The number of nitrogens with one attached hydrogen (secondary N) is 2. The molecule has 2 aromatic rings. The number of rotatable bonds is 7. The Morgan fingerprint density at radius 1 is 1.14 bits per heavy atom. The van der Waals surface area contributed by atoms with Crippen LogP contribution in [-0.2, 0) is 9.59 Å². The molecule has 0 unspecified atom stereocenters. The van der Waals surface area contributed by atoms with E-state index in [0.29, 0.717) is 17.9 Å². The molecule has 2 amide bonds. The maximum atomic E-state index is 13.0. The molecule has 0 saturated carbocycles. The number of aromatic nitrogens is 2. The number of carbonyl (C=O) groups is 2. The third kappa shape index (κ3) is 6.39. The van der Waals surface area contributed by atoms with Crippen molar-refractivity contribution in [3.8, 4) is 11.3 Å². The molecule has 1 aromatic carbocycles. The largest absolute Gasteiger partial charge is 0.342 e. The predicted octanol–water partition coefficient (Wildman–Crippen LogP) is 2.88. The highest BCUT2D eigenvalue weighted by Gasteiger charge is 2.16. The molecule has 7 nitrogen and oxygen atoms in total. The van der Waals surface area contributed by atoms with Gasteiger partial charge in [-0.1, -0.05) is 0 Å². The highest BCUT2D eigenvalue weighted by atomic mass is 19.1. The average Bonchev–Trinajstić information content (AvgIpc) is 3.02. The van der Waals surface area contributed by atoms with Gasteiger partial charge in [0, 0.05) is 44.6 Å². The first-order valence-electron chi connectivity index (χ1n) is 10.1. The van der Waals surface area contributed by atoms with E-state index < -0.39 is 0 Å². The number of nitrogens with zero attached hydrogens (tertiary/aromatic N) is 3. The molecule has 1 aliphatic rings. The van der Waals surface area contributed by atoms with Crippen LogP contribution in [0, 0.1) is 5.82 Å². The summed E-state index contributed by atoms with van der Waals surface area (Å²) >= 11 is 0. The standard InChI is InChI=1S/C21H28FN5O2/c1-16(28)27-12-4-11-26(13-14-27)10-3-2-5-21(29)23-20-15-19(24-25-20)17-6-8-18(22)9-7-17/h6-9,15H,2-5,10-14H2,1H3,(H2,23,24,25,29). The summed E-state index contributed by atoms with van der Waals surface area (Å²) in [7, 11) is 0. The van der Waals surface area contributed by atoms with Gasteiger partial charge < -0.3 is 15.1 Å². The SMILES string of the molecule is CC(=O)N1CCCN(CCCCC(=O)Nc2cc(-c3ccc(F)cc3)n[nH]2)CC1. The van der Waals surface area contributed by atoms with Gasteiger partial charge in [-0.05, 0) is 56.6 Å². The number of benzene rings is 1. The Morgan fingerprint density at radius 3 is 2.69 bits per heavy atom. The molecule has 0 bridgehead atoms. The molecule has 29 heavy (non-hydrogen) atoms. The Labute approximate surface area is 170 Å². The second-order valence-corrected chi connectivity index (χ2v) is 7.38. The number of anilines is 1. The fourth-order valence-corrected chi connectivity index (χ4v) is 3.50. The van der Waals surface area contributed by atoms with E-state index in [2.05, 4.69) is 20.4 Å². The van der Waals surface area contributed by atoms with Crippen molar-refractivity contribution in [1.29, 1.82) is 0 Å². The topological polar surface area (TPSA) is 81.3 Å². The summed E-state index contributed by atoms with van der Waals surface area (Å²) in [5.74, 6) is 0.322. The number of hydrogen-bond acceptors (Lipinski definition) is 4. The van der Waals surface area contributed by atoms with Crippen LogP contribution >= 0.6 is 0 Å². The second kappa shape index (κ2) is 10.2. The molecule has 1 fully saturated rings. The van der Waals surface area contributed by atoms with E-state index >= 15 is 0 Å². The first-order valence-corrected chi connectivity index (χ1v) is 10.1. The summed E-state index contributed by atoms with van der Waals surface area (Å²) in [4.78, 5) is 27.9. The van der Waals surface area contributed by atoms with Gasteiger partial charge in [0.05, 0.1) is 5.69 Å². The second-order valence-electron chi connectivity index (χ2n) is 7.38. The predicted molar refractivity (Wildman–Crippen MR) is 110 cm³/mol. The Hall–Kier alpha value is -2.74. The first-order chi connectivity index (χ1) is 14.0. The summed E-state index contributed by atoms with van der Waals surface area (Å²) in [5.41, 5.74) is 1.44. The van der Waals surface area contributed by atoms with Crippen LogP contribution in [-0.4, -0.2) is 64.5 Å². The molecule has 3 rings (SSSR count). The lowest BCUT2D eigenvalue weighted by Gasteiger charge is -2.20. The fourth-order valence-electron chi connectivity index (χ4n) is 3.50. The summed E-state index contributed by atoms with van der Waals surface area (Å²) in [6, 6.07) is 7.79. The zero-order valence-electron chi connectivity index (χ0n) is 16.8. The van der Waals surface area contributed by atoms with Crippen LogP contribution in [0.15, 0.2) is 30.3 Å². The average molecular weight is 401 g/mol. The summed E-state index contributed by atoms with van der Waals surface area (Å²) < 4.78 is 13.0. The van der Waals surface area contributed by atoms with Crippen LogP contribution in [0.25, 0.3) is 11.3 Å². The smallest absolute Gasteiger partial charge is 0.225 e. The number of halogens is 1. The summed E-state index contributed by atoms with van der Waals surface area (Å²) in [6.07, 6.45) is 3.18. The lowest BCUT2D eigenvalue weighted by atomic mass is 10.1. The van der Waals surface area contributed by atoms with E-state index in [1.54, 1.807) is 25.1 Å². The zero-order valence-corrected chi connectivity index (χ0v) is 16.8. The Balaban J connectivity index is 1.36. The van der Waals surface area contributed by atoms with Gasteiger partial charge in [-0.2, -0.15) is 5.10 Å². The molecule has 1 saturated heterocycles. The lowest BCUT2D eigenvalue weighted by molar-refractivity contribution is -0.128. The molecule has 0 spiro atoms. The van der Waals surface area contributed by atoms with Crippen molar-refractivity contribution in [2.75, 3.05) is 38.0 Å².